The van der Waals surface area contributed by atoms with E-state index in [4.69, 9.17) is 5.11 Å². The van der Waals surface area contributed by atoms with Crippen LogP contribution in [0.3, 0.4) is 0 Å². The molecular formula is C12H15FO3. The molecule has 0 fully saturated rings. The zero-order valence-electron chi connectivity index (χ0n) is 9.54. The van der Waals surface area contributed by atoms with Gasteiger partial charge in [0.1, 0.15) is 11.6 Å². The molecule has 4 heteroatoms. The molecule has 0 aromatic heterocycles. The van der Waals surface area contributed by atoms with Crippen molar-refractivity contribution in [2.24, 2.45) is 5.41 Å². The highest BCUT2D eigenvalue weighted by atomic mass is 19.1. The highest BCUT2D eigenvalue weighted by molar-refractivity contribution is 5.74. The SMILES string of the molecule is Cc1ccc(O)c(CC(C)(C)C(=O)O)c1F. The monoisotopic (exact) mass is 226 g/mol. The number of aryl methyl sites for hydroxylation is 1. The molecule has 1 rings (SSSR count). The van der Waals surface area contributed by atoms with E-state index < -0.39 is 17.2 Å². The second-order valence-electron chi connectivity index (χ2n) is 4.56. The second kappa shape index (κ2) is 4.12. The number of rotatable bonds is 3. The van der Waals surface area contributed by atoms with Gasteiger partial charge in [0.15, 0.2) is 0 Å². The molecule has 0 atom stereocenters. The van der Waals surface area contributed by atoms with Crippen molar-refractivity contribution in [2.75, 3.05) is 0 Å². The van der Waals surface area contributed by atoms with Gasteiger partial charge >= 0.3 is 5.97 Å². The van der Waals surface area contributed by atoms with Gasteiger partial charge in [0.25, 0.3) is 0 Å². The van der Waals surface area contributed by atoms with Crippen molar-refractivity contribution in [2.45, 2.75) is 27.2 Å². The third-order valence-corrected chi connectivity index (χ3v) is 2.61. The number of carbonyl (C=O) groups is 1. The lowest BCUT2D eigenvalue weighted by molar-refractivity contribution is -0.146. The van der Waals surface area contributed by atoms with Crippen molar-refractivity contribution in [3.63, 3.8) is 0 Å². The molecule has 0 aliphatic carbocycles. The van der Waals surface area contributed by atoms with Crippen LogP contribution in [0, 0.1) is 18.2 Å². The van der Waals surface area contributed by atoms with E-state index >= 15 is 0 Å². The fraction of sp³-hybridized carbons (Fsp3) is 0.417. The van der Waals surface area contributed by atoms with Crippen LogP contribution in [0.2, 0.25) is 0 Å². The van der Waals surface area contributed by atoms with E-state index in [1.807, 2.05) is 0 Å². The lowest BCUT2D eigenvalue weighted by Crippen LogP contribution is -2.26. The van der Waals surface area contributed by atoms with Crippen LogP contribution in [0.5, 0.6) is 5.75 Å². The zero-order valence-corrected chi connectivity index (χ0v) is 9.54. The summed E-state index contributed by atoms with van der Waals surface area (Å²) < 4.78 is 13.7. The molecule has 0 bridgehead atoms. The molecule has 16 heavy (non-hydrogen) atoms. The molecule has 2 N–H and O–H groups in total. The number of hydrogen-bond donors (Lipinski definition) is 2. The van der Waals surface area contributed by atoms with Gasteiger partial charge in [-0.25, -0.2) is 4.39 Å². The summed E-state index contributed by atoms with van der Waals surface area (Å²) in [6.07, 6.45) is -0.0400. The van der Waals surface area contributed by atoms with Crippen LogP contribution in [-0.4, -0.2) is 16.2 Å². The number of aliphatic carboxylic acids is 1. The van der Waals surface area contributed by atoms with Crippen LogP contribution in [0.4, 0.5) is 4.39 Å². The molecule has 0 unspecified atom stereocenters. The van der Waals surface area contributed by atoms with Crippen molar-refractivity contribution in [1.29, 1.82) is 0 Å². The molecule has 1 aromatic rings. The Morgan fingerprint density at radius 2 is 2.00 bits per heavy atom. The molecule has 0 aliphatic heterocycles. The summed E-state index contributed by atoms with van der Waals surface area (Å²) in [6, 6.07) is 2.84. The van der Waals surface area contributed by atoms with E-state index in [9.17, 15) is 14.3 Å². The van der Waals surface area contributed by atoms with E-state index in [1.54, 1.807) is 6.92 Å². The normalized spacial score (nSPS) is 11.5. The van der Waals surface area contributed by atoms with Crippen molar-refractivity contribution in [3.05, 3.63) is 29.1 Å². The summed E-state index contributed by atoms with van der Waals surface area (Å²) in [6.45, 7) is 4.57. The molecular weight excluding hydrogens is 211 g/mol. The van der Waals surface area contributed by atoms with Crippen LogP contribution in [-0.2, 0) is 11.2 Å². The van der Waals surface area contributed by atoms with Gasteiger partial charge in [0.2, 0.25) is 0 Å². The first-order valence-electron chi connectivity index (χ1n) is 4.96. The maximum absolute atomic E-state index is 13.7. The Kier molecular flexibility index (Phi) is 3.21. The van der Waals surface area contributed by atoms with Gasteiger partial charge in [-0.1, -0.05) is 6.07 Å². The van der Waals surface area contributed by atoms with E-state index in [1.165, 1.54) is 26.0 Å². The molecule has 1 aromatic carbocycles. The van der Waals surface area contributed by atoms with E-state index in [0.29, 0.717) is 5.56 Å². The van der Waals surface area contributed by atoms with Crippen LogP contribution in [0.25, 0.3) is 0 Å². The lowest BCUT2D eigenvalue weighted by Gasteiger charge is -2.20. The second-order valence-corrected chi connectivity index (χ2v) is 4.56. The van der Waals surface area contributed by atoms with Crippen LogP contribution < -0.4 is 0 Å². The van der Waals surface area contributed by atoms with Crippen LogP contribution >= 0.6 is 0 Å². The Balaban J connectivity index is 3.15. The lowest BCUT2D eigenvalue weighted by atomic mass is 9.85. The number of aromatic hydroxyl groups is 1. The summed E-state index contributed by atoms with van der Waals surface area (Å²) in [4.78, 5) is 10.9. The minimum absolute atomic E-state index is 0.0400. The van der Waals surface area contributed by atoms with Gasteiger partial charge in [0.05, 0.1) is 5.41 Å². The van der Waals surface area contributed by atoms with Gasteiger partial charge in [-0.3, -0.25) is 4.79 Å². The van der Waals surface area contributed by atoms with Crippen LogP contribution in [0.15, 0.2) is 12.1 Å². The maximum atomic E-state index is 13.7. The van der Waals surface area contributed by atoms with Crippen molar-refractivity contribution < 1.29 is 19.4 Å². The highest BCUT2D eigenvalue weighted by Gasteiger charge is 2.30. The standard InChI is InChI=1S/C12H15FO3/c1-7-4-5-9(14)8(10(7)13)6-12(2,3)11(15)16/h4-5,14H,6H2,1-3H3,(H,15,16). The van der Waals surface area contributed by atoms with E-state index in [2.05, 4.69) is 0 Å². The van der Waals surface area contributed by atoms with Gasteiger partial charge in [0, 0.05) is 5.56 Å². The largest absolute Gasteiger partial charge is 0.508 e. The molecule has 0 heterocycles. The average Bonchev–Trinajstić information content (AvgIpc) is 2.18. The number of carboxylic acid groups (broad SMARTS) is 1. The topological polar surface area (TPSA) is 57.5 Å². The third-order valence-electron chi connectivity index (χ3n) is 2.61. The number of hydrogen-bond acceptors (Lipinski definition) is 2. The minimum atomic E-state index is -1.11. The maximum Gasteiger partial charge on any atom is 0.309 e. The van der Waals surface area contributed by atoms with Crippen molar-refractivity contribution >= 4 is 5.97 Å². The quantitative estimate of drug-likeness (QED) is 0.832. The Morgan fingerprint density at radius 1 is 1.44 bits per heavy atom. The predicted octanol–water partition coefficient (Wildman–Crippen LogP) is 2.49. The fourth-order valence-electron chi connectivity index (χ4n) is 1.41. The van der Waals surface area contributed by atoms with E-state index in [0.717, 1.165) is 0 Å². The zero-order chi connectivity index (χ0) is 12.5. The third kappa shape index (κ3) is 2.32. The fourth-order valence-corrected chi connectivity index (χ4v) is 1.41. The van der Waals surface area contributed by atoms with Crippen molar-refractivity contribution in [3.8, 4) is 5.75 Å². The number of phenolic OH excluding ortho intramolecular Hbond substituents is 1. The number of carboxylic acids is 1. The number of phenols is 1. The van der Waals surface area contributed by atoms with Crippen molar-refractivity contribution in [1.82, 2.24) is 0 Å². The molecule has 0 saturated carbocycles. The minimum Gasteiger partial charge on any atom is -0.508 e. The molecule has 0 saturated heterocycles. The molecule has 0 amide bonds. The first-order valence-corrected chi connectivity index (χ1v) is 4.96. The average molecular weight is 226 g/mol. The molecule has 3 nitrogen and oxygen atoms in total. The Morgan fingerprint density at radius 3 is 2.50 bits per heavy atom. The molecule has 0 spiro atoms. The van der Waals surface area contributed by atoms with Gasteiger partial charge in [-0.05, 0) is 38.8 Å². The Labute approximate surface area is 93.5 Å². The Hall–Kier alpha value is -1.58. The molecule has 0 aliphatic rings. The summed E-state index contributed by atoms with van der Waals surface area (Å²) >= 11 is 0. The first kappa shape index (κ1) is 12.5. The van der Waals surface area contributed by atoms with Crippen LogP contribution in [0.1, 0.15) is 25.0 Å². The smallest absolute Gasteiger partial charge is 0.309 e. The summed E-state index contributed by atoms with van der Waals surface area (Å²) in [5.74, 6) is -1.75. The summed E-state index contributed by atoms with van der Waals surface area (Å²) in [5, 5.41) is 18.5. The number of halogens is 1. The molecule has 88 valence electrons. The summed E-state index contributed by atoms with van der Waals surface area (Å²) in [7, 11) is 0. The summed E-state index contributed by atoms with van der Waals surface area (Å²) in [5.41, 5.74) is -0.645. The van der Waals surface area contributed by atoms with Gasteiger partial charge in [-0.15, -0.1) is 0 Å². The van der Waals surface area contributed by atoms with Gasteiger partial charge in [-0.2, -0.15) is 0 Å². The first-order chi connectivity index (χ1) is 7.25. The number of benzene rings is 1. The van der Waals surface area contributed by atoms with Gasteiger partial charge < -0.3 is 10.2 Å². The van der Waals surface area contributed by atoms with E-state index in [-0.39, 0.29) is 17.7 Å². The highest BCUT2D eigenvalue weighted by Crippen LogP contribution is 2.30. The molecule has 0 radical (unpaired) electrons. The Bertz CT molecular complexity index is 425. The predicted molar refractivity (Wildman–Crippen MR) is 57.9 cm³/mol.